The van der Waals surface area contributed by atoms with Gasteiger partial charge in [-0.25, -0.2) is 4.39 Å². The smallest absolute Gasteiger partial charge is 0.180 e. The van der Waals surface area contributed by atoms with E-state index in [9.17, 15) is 4.39 Å². The van der Waals surface area contributed by atoms with E-state index in [0.717, 1.165) is 0 Å². The molecule has 0 aliphatic carbocycles. The van der Waals surface area contributed by atoms with Crippen molar-refractivity contribution in [2.24, 2.45) is 0 Å². The number of aromatic hydroxyl groups is 1. The monoisotopic (exact) mass is 394 g/mol. The van der Waals surface area contributed by atoms with Crippen LogP contribution in [-0.4, -0.2) is 5.11 Å². The molecule has 1 rings (SSSR count). The summed E-state index contributed by atoms with van der Waals surface area (Å²) in [6.07, 6.45) is 0. The fourth-order valence-electron chi connectivity index (χ4n) is 0.560. The molecule has 1 aromatic carbocycles. The number of benzene rings is 1. The van der Waals surface area contributed by atoms with Gasteiger partial charge in [0.15, 0.2) is 11.6 Å². The van der Waals surface area contributed by atoms with Crippen molar-refractivity contribution in [1.82, 2.24) is 0 Å². The Bertz CT molecular complexity index is 277. The maximum Gasteiger partial charge on any atom is 0.180 e. The second-order valence-electron chi connectivity index (χ2n) is 1.82. The van der Waals surface area contributed by atoms with E-state index in [2.05, 4.69) is 31.9 Å². The third kappa shape index (κ3) is 1.86. The van der Waals surface area contributed by atoms with Crippen molar-refractivity contribution < 1.29 is 9.50 Å². The van der Waals surface area contributed by atoms with Gasteiger partial charge in [0.25, 0.3) is 0 Å². The van der Waals surface area contributed by atoms with Crippen molar-refractivity contribution in [1.29, 1.82) is 0 Å². The van der Waals surface area contributed by atoms with Crippen molar-refractivity contribution in [3.63, 3.8) is 0 Å². The molecule has 0 aromatic heterocycles. The van der Waals surface area contributed by atoms with Crippen molar-refractivity contribution in [3.05, 3.63) is 24.4 Å². The Morgan fingerprint density at radius 2 is 2.00 bits per heavy atom. The molecule has 0 radical (unpaired) electrons. The summed E-state index contributed by atoms with van der Waals surface area (Å²) in [6.45, 7) is 0. The van der Waals surface area contributed by atoms with Crippen LogP contribution in [-0.2, 0) is 0 Å². The first-order valence-electron chi connectivity index (χ1n) is 2.56. The molecule has 0 saturated carbocycles. The molecule has 60 valence electrons. The fourth-order valence-corrected chi connectivity index (χ4v) is 2.05. The topological polar surface area (TPSA) is 20.2 Å². The standard InChI is InChI=1S/C6H2Br2FIO/c7-2-1-3(11)5(9)4(8)6(2)10/h1,11H. The molecular weight excluding hydrogens is 394 g/mol. The molecule has 0 atom stereocenters. The molecular formula is C6H2Br2FIO. The molecule has 1 N–H and O–H groups in total. The van der Waals surface area contributed by atoms with Crippen LogP contribution in [0.4, 0.5) is 4.39 Å². The maximum absolute atomic E-state index is 12.8. The highest BCUT2D eigenvalue weighted by atomic mass is 127. The summed E-state index contributed by atoms with van der Waals surface area (Å²) in [6, 6.07) is 1.32. The third-order valence-electron chi connectivity index (χ3n) is 1.08. The van der Waals surface area contributed by atoms with Crippen LogP contribution in [0.15, 0.2) is 15.0 Å². The molecule has 11 heavy (non-hydrogen) atoms. The van der Waals surface area contributed by atoms with Gasteiger partial charge in [-0.15, -0.1) is 0 Å². The Kier molecular flexibility index (Phi) is 3.16. The lowest BCUT2D eigenvalue weighted by atomic mass is 10.3. The lowest BCUT2D eigenvalue weighted by Crippen LogP contribution is -1.84. The molecule has 1 aromatic rings. The highest BCUT2D eigenvalue weighted by molar-refractivity contribution is 14.1. The van der Waals surface area contributed by atoms with Crippen LogP contribution < -0.4 is 0 Å². The molecule has 0 fully saturated rings. The summed E-state index contributed by atoms with van der Waals surface area (Å²) >= 11 is 8.14. The van der Waals surface area contributed by atoms with Crippen molar-refractivity contribution in [2.75, 3.05) is 0 Å². The van der Waals surface area contributed by atoms with Crippen LogP contribution in [0.3, 0.4) is 0 Å². The van der Waals surface area contributed by atoms with Crippen molar-refractivity contribution >= 4 is 54.5 Å². The number of phenolic OH excluding ortho intramolecular Hbond substituents is 1. The normalized spacial score (nSPS) is 10.2. The molecule has 0 spiro atoms. The van der Waals surface area contributed by atoms with E-state index < -0.39 is 5.82 Å². The molecule has 0 saturated heterocycles. The summed E-state index contributed by atoms with van der Waals surface area (Å²) < 4.78 is 14.5. The van der Waals surface area contributed by atoms with Crippen LogP contribution in [0.2, 0.25) is 0 Å². The van der Waals surface area contributed by atoms with Crippen LogP contribution in [0.5, 0.6) is 5.75 Å². The average Bonchev–Trinajstić information content (AvgIpc) is 1.97. The van der Waals surface area contributed by atoms with E-state index in [0.29, 0.717) is 8.04 Å². The first kappa shape index (κ1) is 9.73. The predicted octanol–water partition coefficient (Wildman–Crippen LogP) is 3.66. The minimum Gasteiger partial charge on any atom is -0.505 e. The average molecular weight is 396 g/mol. The van der Waals surface area contributed by atoms with Gasteiger partial charge in [0.2, 0.25) is 0 Å². The zero-order valence-electron chi connectivity index (χ0n) is 5.04. The van der Waals surface area contributed by atoms with Gasteiger partial charge in [-0.05, 0) is 60.5 Å². The molecule has 0 aliphatic rings. The lowest BCUT2D eigenvalue weighted by molar-refractivity contribution is 0.429. The quantitative estimate of drug-likeness (QED) is 0.404. The molecule has 0 bridgehead atoms. The van der Waals surface area contributed by atoms with Gasteiger partial charge in [-0.1, -0.05) is 0 Å². The molecule has 0 unspecified atom stereocenters. The predicted molar refractivity (Wildman–Crippen MR) is 56.2 cm³/mol. The van der Waals surface area contributed by atoms with Gasteiger partial charge < -0.3 is 5.11 Å². The Labute approximate surface area is 93.4 Å². The van der Waals surface area contributed by atoms with Crippen molar-refractivity contribution in [2.45, 2.75) is 0 Å². The zero-order chi connectivity index (χ0) is 8.59. The summed E-state index contributed by atoms with van der Waals surface area (Å²) in [5, 5.41) is 8.97. The minimum absolute atomic E-state index is 0.282. The van der Waals surface area contributed by atoms with Gasteiger partial charge in [-0.2, -0.15) is 0 Å². The number of hydrogen-bond donors (Lipinski definition) is 1. The largest absolute Gasteiger partial charge is 0.505 e. The van der Waals surface area contributed by atoms with Crippen LogP contribution in [0.1, 0.15) is 0 Å². The molecule has 0 amide bonds. The zero-order valence-corrected chi connectivity index (χ0v) is 10.4. The van der Waals surface area contributed by atoms with E-state index >= 15 is 0 Å². The van der Waals surface area contributed by atoms with Gasteiger partial charge in [0.1, 0.15) is 0 Å². The lowest BCUT2D eigenvalue weighted by Gasteiger charge is -2.02. The maximum atomic E-state index is 12.8. The second kappa shape index (κ2) is 3.57. The first-order valence-corrected chi connectivity index (χ1v) is 5.22. The van der Waals surface area contributed by atoms with Gasteiger partial charge in [0, 0.05) is 8.04 Å². The van der Waals surface area contributed by atoms with Gasteiger partial charge in [-0.3, -0.25) is 0 Å². The Balaban J connectivity index is 3.46. The summed E-state index contributed by atoms with van der Waals surface area (Å²) in [4.78, 5) is 0. The minimum atomic E-state index is -0.627. The Morgan fingerprint density at radius 3 is 2.55 bits per heavy atom. The summed E-state index contributed by atoms with van der Waals surface area (Å²) in [5.41, 5.74) is 0. The van der Waals surface area contributed by atoms with E-state index in [4.69, 9.17) is 5.11 Å². The summed E-state index contributed by atoms with van der Waals surface area (Å²) in [7, 11) is 0. The van der Waals surface area contributed by atoms with E-state index in [1.165, 1.54) is 6.07 Å². The van der Waals surface area contributed by atoms with E-state index in [1.807, 2.05) is 22.6 Å². The van der Waals surface area contributed by atoms with E-state index in [-0.39, 0.29) is 10.2 Å². The number of rotatable bonds is 0. The second-order valence-corrected chi connectivity index (χ2v) is 4.55. The number of phenols is 1. The van der Waals surface area contributed by atoms with Crippen LogP contribution in [0, 0.1) is 9.39 Å². The third-order valence-corrected chi connectivity index (χ3v) is 5.06. The fraction of sp³-hybridized carbons (Fsp3) is 0. The van der Waals surface area contributed by atoms with Gasteiger partial charge in [0.05, 0.1) is 4.47 Å². The number of halogens is 4. The molecule has 5 heteroatoms. The molecule has 1 nitrogen and oxygen atoms in total. The molecule has 0 aliphatic heterocycles. The highest BCUT2D eigenvalue weighted by Crippen LogP contribution is 2.34. The summed E-state index contributed by atoms with van der Waals surface area (Å²) in [5.74, 6) is -0.984. The highest BCUT2D eigenvalue weighted by Gasteiger charge is 2.11. The number of hydrogen-bond acceptors (Lipinski definition) is 1. The van der Waals surface area contributed by atoms with Crippen LogP contribution >= 0.6 is 54.5 Å². The first-order chi connectivity index (χ1) is 5.04. The Morgan fingerprint density at radius 1 is 1.45 bits per heavy atom. The van der Waals surface area contributed by atoms with Gasteiger partial charge >= 0.3 is 0 Å². The molecule has 0 heterocycles. The SMILES string of the molecule is Oc1cc(Br)c(I)c(Br)c1F. The van der Waals surface area contributed by atoms with Crippen LogP contribution in [0.25, 0.3) is 0 Å². The Hall–Kier alpha value is 0.640. The van der Waals surface area contributed by atoms with E-state index in [1.54, 1.807) is 0 Å². The van der Waals surface area contributed by atoms with Crippen molar-refractivity contribution in [3.8, 4) is 5.75 Å².